The van der Waals surface area contributed by atoms with E-state index in [1.807, 2.05) is 36.4 Å². The summed E-state index contributed by atoms with van der Waals surface area (Å²) in [7, 11) is 0. The van der Waals surface area contributed by atoms with Gasteiger partial charge in [0.2, 0.25) is 0 Å². The van der Waals surface area contributed by atoms with E-state index < -0.39 is 6.68 Å². The van der Waals surface area contributed by atoms with Crippen molar-refractivity contribution in [3.8, 4) is 0 Å². The summed E-state index contributed by atoms with van der Waals surface area (Å²) in [4.78, 5) is 0. The third-order valence-corrected chi connectivity index (χ3v) is 1.85. The van der Waals surface area contributed by atoms with Crippen LogP contribution in [0.3, 0.4) is 0 Å². The summed E-state index contributed by atoms with van der Waals surface area (Å²) in [5, 5.41) is 0. The first-order valence-electron chi connectivity index (χ1n) is 5.45. The van der Waals surface area contributed by atoms with Crippen LogP contribution in [0.4, 0.5) is 13.2 Å². The van der Waals surface area contributed by atoms with Crippen molar-refractivity contribution in [2.75, 3.05) is 0 Å². The molecule has 4 heteroatoms. The first-order chi connectivity index (χ1) is 8.23. The Morgan fingerprint density at radius 1 is 1.06 bits per heavy atom. The molecule has 0 nitrogen and oxygen atoms in total. The van der Waals surface area contributed by atoms with Crippen molar-refractivity contribution in [3.63, 3.8) is 0 Å². The van der Waals surface area contributed by atoms with Crippen LogP contribution in [0.15, 0.2) is 48.6 Å². The van der Waals surface area contributed by atoms with Crippen molar-refractivity contribution in [3.05, 3.63) is 61.3 Å². The molecule has 18 heavy (non-hydrogen) atoms. The topological polar surface area (TPSA) is 0 Å². The first-order valence-corrected chi connectivity index (χ1v) is 5.45. The van der Waals surface area contributed by atoms with Gasteiger partial charge in [-0.25, -0.2) is 24.3 Å². The van der Waals surface area contributed by atoms with Gasteiger partial charge in [0.15, 0.2) is 6.68 Å². The molecule has 1 aliphatic rings. The zero-order valence-electron chi connectivity index (χ0n) is 9.91. The van der Waals surface area contributed by atoms with Crippen molar-refractivity contribution >= 4 is 0 Å². The van der Waals surface area contributed by atoms with Gasteiger partial charge in [0, 0.05) is 0 Å². The van der Waals surface area contributed by atoms with Crippen molar-refractivity contribution < 1.29 is 30.0 Å². The summed E-state index contributed by atoms with van der Waals surface area (Å²) in [6.45, 7) is -3.08. The average Bonchev–Trinajstić information content (AvgIpc) is 2.72. The number of rotatable bonds is 0. The maximum Gasteiger partial charge on any atom is 3.00 e. The Balaban J connectivity index is 0. The van der Waals surface area contributed by atoms with E-state index in [0.29, 0.717) is 0 Å². The van der Waals surface area contributed by atoms with Gasteiger partial charge < -0.3 is 13.2 Å². The average molecular weight is 300 g/mol. The fraction of sp³-hybridized carbons (Fsp3) is 0.286. The van der Waals surface area contributed by atoms with E-state index in [2.05, 4.69) is 18.2 Å². The van der Waals surface area contributed by atoms with Crippen LogP contribution in [-0.4, -0.2) is 0 Å². The van der Waals surface area contributed by atoms with E-state index in [1.54, 1.807) is 0 Å². The Morgan fingerprint density at radius 3 is 2.17 bits per heavy atom. The Hall–Kier alpha value is -0.874. The van der Waals surface area contributed by atoms with Gasteiger partial charge in [0.1, 0.15) is 0 Å². The molecule has 2 rings (SSSR count). The molecule has 0 spiro atoms. The summed E-state index contributed by atoms with van der Waals surface area (Å²) < 4.78 is 28.8. The van der Waals surface area contributed by atoms with E-state index in [1.165, 1.54) is 19.3 Å². The standard InChI is InChI=1S/C8H11.C5H5.CF3.Co/c1-2-4-6-8-7-5-3-1;1-2-4-5-3-1;2-1(3)4;/h1-3H,4,6-8H2;1-5H;;/q3*-1;+3. The smallest absolute Gasteiger partial charge is 0.385 e. The second-order valence-corrected chi connectivity index (χ2v) is 3.22. The Morgan fingerprint density at radius 2 is 1.67 bits per heavy atom. The molecule has 0 aromatic heterocycles. The van der Waals surface area contributed by atoms with Crippen molar-refractivity contribution in [2.24, 2.45) is 0 Å². The van der Waals surface area contributed by atoms with Crippen LogP contribution >= 0.6 is 0 Å². The molecule has 0 heterocycles. The molecule has 1 aliphatic carbocycles. The van der Waals surface area contributed by atoms with Gasteiger partial charge in [-0.3, -0.25) is 6.08 Å². The third kappa shape index (κ3) is 20.5. The van der Waals surface area contributed by atoms with E-state index in [-0.39, 0.29) is 16.8 Å². The maximum atomic E-state index is 9.58. The fourth-order valence-electron chi connectivity index (χ4n) is 1.13. The van der Waals surface area contributed by atoms with Crippen molar-refractivity contribution in [2.45, 2.75) is 25.7 Å². The van der Waals surface area contributed by atoms with Crippen LogP contribution < -0.4 is 0 Å². The predicted octanol–water partition coefficient (Wildman–Crippen LogP) is 5.22. The molecule has 0 saturated carbocycles. The summed E-state index contributed by atoms with van der Waals surface area (Å²) in [6.07, 6.45) is 14.5. The molecule has 0 bridgehead atoms. The van der Waals surface area contributed by atoms with Gasteiger partial charge in [-0.05, 0) is 0 Å². The van der Waals surface area contributed by atoms with Crippen LogP contribution in [-0.2, 0) is 16.8 Å². The largest absolute Gasteiger partial charge is 3.00 e. The van der Waals surface area contributed by atoms with E-state index in [4.69, 9.17) is 0 Å². The summed E-state index contributed by atoms with van der Waals surface area (Å²) in [5.74, 6) is 0. The molecule has 0 amide bonds. The monoisotopic (exact) mass is 300 g/mol. The van der Waals surface area contributed by atoms with Gasteiger partial charge in [0.25, 0.3) is 0 Å². The minimum Gasteiger partial charge on any atom is -0.385 e. The summed E-state index contributed by atoms with van der Waals surface area (Å²) >= 11 is 0. The number of allylic oxidation sites excluding steroid dienone is 4. The Bertz CT molecular complexity index is 245. The van der Waals surface area contributed by atoms with Crippen LogP contribution in [0.25, 0.3) is 0 Å². The quantitative estimate of drug-likeness (QED) is 0.576. The van der Waals surface area contributed by atoms with E-state index >= 15 is 0 Å². The first kappa shape index (κ1) is 19.5. The molecule has 0 aliphatic heterocycles. The molecule has 0 unspecified atom stereocenters. The van der Waals surface area contributed by atoms with Crippen molar-refractivity contribution in [1.82, 2.24) is 0 Å². The van der Waals surface area contributed by atoms with Gasteiger partial charge in [0.05, 0.1) is 0 Å². The molecule has 0 saturated heterocycles. The molecule has 0 fully saturated rings. The second kappa shape index (κ2) is 16.1. The Kier molecular flexibility index (Phi) is 17.4. The van der Waals surface area contributed by atoms with Gasteiger partial charge in [-0.15, -0.1) is 6.42 Å². The van der Waals surface area contributed by atoms with Crippen LogP contribution in [0, 0.1) is 12.8 Å². The number of halogens is 3. The van der Waals surface area contributed by atoms with Crippen molar-refractivity contribution in [1.29, 1.82) is 0 Å². The van der Waals surface area contributed by atoms with Gasteiger partial charge >= 0.3 is 16.8 Å². The molecular formula is C14H16CoF3. The van der Waals surface area contributed by atoms with Crippen LogP contribution in [0.5, 0.6) is 0 Å². The predicted molar refractivity (Wildman–Crippen MR) is 64.0 cm³/mol. The summed E-state index contributed by atoms with van der Waals surface area (Å²) in [5.41, 5.74) is 0. The van der Waals surface area contributed by atoms with Gasteiger partial charge in [-0.1, -0.05) is 19.3 Å². The third-order valence-electron chi connectivity index (χ3n) is 1.85. The van der Waals surface area contributed by atoms with Crippen LogP contribution in [0.1, 0.15) is 25.7 Å². The Labute approximate surface area is 117 Å². The summed E-state index contributed by atoms with van der Waals surface area (Å²) in [6, 6.07) is 10.0. The minimum absolute atomic E-state index is 0. The van der Waals surface area contributed by atoms with E-state index in [0.717, 1.165) is 6.42 Å². The molecule has 102 valence electrons. The minimum atomic E-state index is -3.08. The normalized spacial score (nSPS) is 13.1. The second-order valence-electron chi connectivity index (χ2n) is 3.22. The molecule has 1 aromatic rings. The molecule has 1 aromatic carbocycles. The molecule has 0 N–H and O–H groups in total. The van der Waals surface area contributed by atoms with E-state index in [9.17, 15) is 13.2 Å². The molecule has 0 atom stereocenters. The van der Waals surface area contributed by atoms with Gasteiger partial charge in [-0.2, -0.15) is 24.3 Å². The fourth-order valence-corrected chi connectivity index (χ4v) is 1.13. The zero-order valence-corrected chi connectivity index (χ0v) is 11.0. The zero-order chi connectivity index (χ0) is 12.8. The number of hydrogen-bond acceptors (Lipinski definition) is 0. The number of hydrogen-bond donors (Lipinski definition) is 0. The molecule has 0 radical (unpaired) electrons. The SMILES string of the molecule is F[C-](F)F.[C-]1=CC=CCCCC1.[Co+3].c1cc[cH-]c1. The maximum absolute atomic E-state index is 9.58. The van der Waals surface area contributed by atoms with Crippen LogP contribution in [0.2, 0.25) is 0 Å². The molecular weight excluding hydrogens is 284 g/mol.